The number of anilines is 2. The molecular weight excluding hydrogens is 240 g/mol. The molecule has 1 aromatic rings. The standard InChI is InChI=1S/C14H26N4O/c1-5-7-11-17-13(16-9-8-10(3)4)12(15)14(18-11)19-6-2/h10H,5-9,15H2,1-4H3,(H,16,17,18). The molecule has 108 valence electrons. The number of nitrogens with two attached hydrogens (primary N) is 1. The molecule has 0 saturated carbocycles. The minimum Gasteiger partial charge on any atom is -0.476 e. The van der Waals surface area contributed by atoms with Crippen LogP contribution in [0.15, 0.2) is 0 Å². The molecule has 0 spiro atoms. The predicted molar refractivity (Wildman–Crippen MR) is 79.6 cm³/mol. The van der Waals surface area contributed by atoms with Crippen LogP contribution < -0.4 is 15.8 Å². The van der Waals surface area contributed by atoms with E-state index in [-0.39, 0.29) is 0 Å². The second kappa shape index (κ2) is 7.81. The molecule has 1 aromatic heterocycles. The minimum absolute atomic E-state index is 0.494. The van der Waals surface area contributed by atoms with Gasteiger partial charge in [0.25, 0.3) is 0 Å². The van der Waals surface area contributed by atoms with E-state index in [0.717, 1.165) is 31.6 Å². The highest BCUT2D eigenvalue weighted by Crippen LogP contribution is 2.26. The minimum atomic E-state index is 0.494. The molecule has 0 aliphatic rings. The quantitative estimate of drug-likeness (QED) is 0.757. The summed E-state index contributed by atoms with van der Waals surface area (Å²) in [5.74, 6) is 2.62. The highest BCUT2D eigenvalue weighted by atomic mass is 16.5. The van der Waals surface area contributed by atoms with Gasteiger partial charge in [-0.3, -0.25) is 0 Å². The van der Waals surface area contributed by atoms with Crippen LogP contribution in [0.4, 0.5) is 11.5 Å². The molecule has 0 atom stereocenters. The van der Waals surface area contributed by atoms with Gasteiger partial charge in [-0.1, -0.05) is 20.8 Å². The molecule has 0 aromatic carbocycles. The fraction of sp³-hybridized carbons (Fsp3) is 0.714. The zero-order valence-electron chi connectivity index (χ0n) is 12.5. The maximum absolute atomic E-state index is 6.04. The van der Waals surface area contributed by atoms with Crippen molar-refractivity contribution in [2.24, 2.45) is 5.92 Å². The van der Waals surface area contributed by atoms with Crippen LogP contribution in [-0.4, -0.2) is 23.1 Å². The third kappa shape index (κ3) is 4.93. The molecule has 0 unspecified atom stereocenters. The van der Waals surface area contributed by atoms with Crippen LogP contribution in [0.1, 0.15) is 46.4 Å². The number of hydrogen-bond acceptors (Lipinski definition) is 5. The van der Waals surface area contributed by atoms with Gasteiger partial charge in [0.1, 0.15) is 11.5 Å². The Morgan fingerprint density at radius 1 is 1.26 bits per heavy atom. The van der Waals surface area contributed by atoms with Crippen LogP contribution >= 0.6 is 0 Å². The van der Waals surface area contributed by atoms with E-state index >= 15 is 0 Å². The first-order chi connectivity index (χ1) is 9.08. The lowest BCUT2D eigenvalue weighted by molar-refractivity contribution is 0.327. The van der Waals surface area contributed by atoms with Crippen LogP contribution in [0.2, 0.25) is 0 Å². The third-order valence-electron chi connectivity index (χ3n) is 2.73. The molecule has 19 heavy (non-hydrogen) atoms. The summed E-state index contributed by atoms with van der Waals surface area (Å²) in [6, 6.07) is 0. The SMILES string of the molecule is CCCc1nc(NCCC(C)C)c(N)c(OCC)n1. The van der Waals surface area contributed by atoms with Gasteiger partial charge in [-0.2, -0.15) is 4.98 Å². The summed E-state index contributed by atoms with van der Waals surface area (Å²) in [6.07, 6.45) is 2.91. The highest BCUT2D eigenvalue weighted by molar-refractivity contribution is 5.66. The number of aryl methyl sites for hydroxylation is 1. The summed E-state index contributed by atoms with van der Waals surface area (Å²) < 4.78 is 5.48. The summed E-state index contributed by atoms with van der Waals surface area (Å²) in [4.78, 5) is 8.83. The summed E-state index contributed by atoms with van der Waals surface area (Å²) in [5, 5.41) is 3.29. The number of nitrogen functional groups attached to an aromatic ring is 1. The van der Waals surface area contributed by atoms with Crippen molar-refractivity contribution in [3.63, 3.8) is 0 Å². The van der Waals surface area contributed by atoms with Crippen LogP contribution in [0.5, 0.6) is 5.88 Å². The largest absolute Gasteiger partial charge is 0.476 e. The monoisotopic (exact) mass is 266 g/mol. The van der Waals surface area contributed by atoms with E-state index < -0.39 is 0 Å². The fourth-order valence-electron chi connectivity index (χ4n) is 1.69. The Kier molecular flexibility index (Phi) is 6.39. The highest BCUT2D eigenvalue weighted by Gasteiger charge is 2.12. The fourth-order valence-corrected chi connectivity index (χ4v) is 1.69. The first-order valence-electron chi connectivity index (χ1n) is 7.11. The van der Waals surface area contributed by atoms with Crippen molar-refractivity contribution in [1.29, 1.82) is 0 Å². The maximum Gasteiger partial charge on any atom is 0.242 e. The van der Waals surface area contributed by atoms with Gasteiger partial charge in [-0.25, -0.2) is 4.98 Å². The predicted octanol–water partition coefficient (Wildman–Crippen LogP) is 2.87. The van der Waals surface area contributed by atoms with Crippen LogP contribution in [0, 0.1) is 5.92 Å². The van der Waals surface area contributed by atoms with Crippen molar-refractivity contribution in [2.75, 3.05) is 24.2 Å². The van der Waals surface area contributed by atoms with Gasteiger partial charge in [0.05, 0.1) is 6.61 Å². The van der Waals surface area contributed by atoms with E-state index in [9.17, 15) is 0 Å². The Morgan fingerprint density at radius 3 is 2.58 bits per heavy atom. The van der Waals surface area contributed by atoms with Gasteiger partial charge in [-0.15, -0.1) is 0 Å². The van der Waals surface area contributed by atoms with E-state index in [0.29, 0.717) is 29.9 Å². The van der Waals surface area contributed by atoms with E-state index in [4.69, 9.17) is 10.5 Å². The lowest BCUT2D eigenvalue weighted by Gasteiger charge is -2.14. The first-order valence-corrected chi connectivity index (χ1v) is 7.11. The maximum atomic E-state index is 6.04. The Morgan fingerprint density at radius 2 is 2.00 bits per heavy atom. The normalized spacial score (nSPS) is 10.8. The van der Waals surface area contributed by atoms with Crippen molar-refractivity contribution in [2.45, 2.75) is 47.0 Å². The second-order valence-corrected chi connectivity index (χ2v) is 5.00. The zero-order chi connectivity index (χ0) is 14.3. The molecule has 1 rings (SSSR count). The number of ether oxygens (including phenoxy) is 1. The van der Waals surface area contributed by atoms with Gasteiger partial charge in [0.15, 0.2) is 5.82 Å². The molecule has 0 aliphatic carbocycles. The van der Waals surface area contributed by atoms with Gasteiger partial charge < -0.3 is 15.8 Å². The first kappa shape index (κ1) is 15.5. The summed E-state index contributed by atoms with van der Waals surface area (Å²) >= 11 is 0. The second-order valence-electron chi connectivity index (χ2n) is 5.00. The van der Waals surface area contributed by atoms with E-state index in [2.05, 4.69) is 36.1 Å². The van der Waals surface area contributed by atoms with Crippen molar-refractivity contribution >= 4 is 11.5 Å². The van der Waals surface area contributed by atoms with Gasteiger partial charge in [0, 0.05) is 13.0 Å². The molecule has 0 amide bonds. The topological polar surface area (TPSA) is 73.1 Å². The molecule has 0 bridgehead atoms. The molecule has 0 aliphatic heterocycles. The number of rotatable bonds is 8. The number of nitrogens with zero attached hydrogens (tertiary/aromatic N) is 2. The summed E-state index contributed by atoms with van der Waals surface area (Å²) in [6.45, 7) is 9.82. The molecule has 0 fully saturated rings. The van der Waals surface area contributed by atoms with E-state index in [1.54, 1.807) is 0 Å². The van der Waals surface area contributed by atoms with Crippen molar-refractivity contribution < 1.29 is 4.74 Å². The molecule has 5 nitrogen and oxygen atoms in total. The molecule has 5 heteroatoms. The van der Waals surface area contributed by atoms with Gasteiger partial charge in [-0.05, 0) is 25.7 Å². The number of nitrogens with one attached hydrogen (secondary N) is 1. The molecule has 0 radical (unpaired) electrons. The van der Waals surface area contributed by atoms with Gasteiger partial charge >= 0.3 is 0 Å². The lowest BCUT2D eigenvalue weighted by atomic mass is 10.1. The Bertz CT molecular complexity index is 393. The van der Waals surface area contributed by atoms with Crippen LogP contribution in [0.3, 0.4) is 0 Å². The Hall–Kier alpha value is -1.52. The van der Waals surface area contributed by atoms with Crippen LogP contribution in [-0.2, 0) is 6.42 Å². The summed E-state index contributed by atoms with van der Waals surface area (Å²) in [5.41, 5.74) is 6.54. The van der Waals surface area contributed by atoms with E-state index in [1.165, 1.54) is 0 Å². The summed E-state index contributed by atoms with van der Waals surface area (Å²) in [7, 11) is 0. The van der Waals surface area contributed by atoms with E-state index in [1.807, 2.05) is 6.92 Å². The molecule has 0 saturated heterocycles. The van der Waals surface area contributed by atoms with Crippen LogP contribution in [0.25, 0.3) is 0 Å². The molecule has 3 N–H and O–H groups in total. The smallest absolute Gasteiger partial charge is 0.242 e. The molecule has 1 heterocycles. The number of aromatic nitrogens is 2. The van der Waals surface area contributed by atoms with Crippen molar-refractivity contribution in [3.05, 3.63) is 5.82 Å². The Labute approximate surface area is 116 Å². The zero-order valence-corrected chi connectivity index (χ0v) is 12.5. The van der Waals surface area contributed by atoms with Crippen molar-refractivity contribution in [3.8, 4) is 5.88 Å². The average molecular weight is 266 g/mol. The average Bonchev–Trinajstić information content (AvgIpc) is 2.34. The van der Waals surface area contributed by atoms with Gasteiger partial charge in [0.2, 0.25) is 5.88 Å². The third-order valence-corrected chi connectivity index (χ3v) is 2.73. The van der Waals surface area contributed by atoms with Crippen molar-refractivity contribution in [1.82, 2.24) is 9.97 Å². The Balaban J connectivity index is 2.86. The molecular formula is C14H26N4O. The number of hydrogen-bond donors (Lipinski definition) is 2. The lowest BCUT2D eigenvalue weighted by Crippen LogP contribution is -2.12.